The Labute approximate surface area is 170 Å². The third-order valence-corrected chi connectivity index (χ3v) is 5.79. The molecule has 0 unspecified atom stereocenters. The SMILES string of the molecule is CCCn1ncc2c(CC(=S)Nc3cc(S(C)(=O)=O)ccc3OC)cccc21. The van der Waals surface area contributed by atoms with Gasteiger partial charge in [-0.2, -0.15) is 5.10 Å². The molecular formula is C20H23N3O3S2. The predicted octanol–water partition coefficient (Wildman–Crippen LogP) is 3.84. The van der Waals surface area contributed by atoms with E-state index in [0.29, 0.717) is 22.8 Å². The van der Waals surface area contributed by atoms with Crippen LogP contribution in [0.1, 0.15) is 18.9 Å². The Morgan fingerprint density at radius 1 is 1.29 bits per heavy atom. The van der Waals surface area contributed by atoms with E-state index in [9.17, 15) is 8.42 Å². The highest BCUT2D eigenvalue weighted by Crippen LogP contribution is 2.28. The number of aryl methyl sites for hydroxylation is 1. The fourth-order valence-electron chi connectivity index (χ4n) is 3.09. The highest BCUT2D eigenvalue weighted by Gasteiger charge is 2.14. The summed E-state index contributed by atoms with van der Waals surface area (Å²) in [6, 6.07) is 10.8. The third kappa shape index (κ3) is 4.34. The van der Waals surface area contributed by atoms with E-state index in [2.05, 4.69) is 23.4 Å². The van der Waals surface area contributed by atoms with Crippen molar-refractivity contribution in [2.75, 3.05) is 18.7 Å². The van der Waals surface area contributed by atoms with Crippen LogP contribution in [0.15, 0.2) is 47.5 Å². The standard InChI is InChI=1S/C20H23N3O3S2/c1-4-10-23-18-7-5-6-14(16(18)13-21-23)11-20(27)22-17-12-15(28(3,24)25)8-9-19(17)26-2/h5-9,12-13H,4,10-11H2,1-3H3,(H,22,27). The maximum atomic E-state index is 11.9. The molecule has 6 nitrogen and oxygen atoms in total. The molecule has 0 spiro atoms. The van der Waals surface area contributed by atoms with E-state index in [4.69, 9.17) is 17.0 Å². The van der Waals surface area contributed by atoms with Gasteiger partial charge in [-0.05, 0) is 36.2 Å². The van der Waals surface area contributed by atoms with Gasteiger partial charge in [0.15, 0.2) is 9.84 Å². The molecule has 3 aromatic rings. The molecule has 0 saturated carbocycles. The number of rotatable bonds is 7. The minimum atomic E-state index is -3.33. The van der Waals surface area contributed by atoms with Gasteiger partial charge in [0, 0.05) is 24.6 Å². The molecule has 0 aliphatic carbocycles. The van der Waals surface area contributed by atoms with Crippen LogP contribution in [0, 0.1) is 0 Å². The van der Waals surface area contributed by atoms with Crippen molar-refractivity contribution >= 4 is 43.6 Å². The van der Waals surface area contributed by atoms with Gasteiger partial charge in [0.1, 0.15) is 5.75 Å². The first-order chi connectivity index (χ1) is 13.3. The number of benzene rings is 2. The Morgan fingerprint density at radius 2 is 2.07 bits per heavy atom. The lowest BCUT2D eigenvalue weighted by Crippen LogP contribution is -2.13. The van der Waals surface area contributed by atoms with Gasteiger partial charge in [0.2, 0.25) is 0 Å². The molecule has 1 heterocycles. The van der Waals surface area contributed by atoms with Gasteiger partial charge in [0.05, 0.1) is 34.4 Å². The van der Waals surface area contributed by atoms with Crippen molar-refractivity contribution in [3.8, 4) is 5.75 Å². The Balaban J connectivity index is 1.86. The average Bonchev–Trinajstić information content (AvgIpc) is 3.05. The maximum absolute atomic E-state index is 11.9. The average molecular weight is 418 g/mol. The first kappa shape index (κ1) is 20.3. The Kier molecular flexibility index (Phi) is 6.00. The van der Waals surface area contributed by atoms with E-state index in [-0.39, 0.29) is 4.90 Å². The second-order valence-corrected chi connectivity index (χ2v) is 9.09. The summed E-state index contributed by atoms with van der Waals surface area (Å²) in [5, 5.41) is 8.67. The zero-order valence-corrected chi connectivity index (χ0v) is 17.7. The molecule has 2 aromatic carbocycles. The minimum Gasteiger partial charge on any atom is -0.495 e. The van der Waals surface area contributed by atoms with Crippen molar-refractivity contribution in [2.24, 2.45) is 0 Å². The van der Waals surface area contributed by atoms with Gasteiger partial charge in [0.25, 0.3) is 0 Å². The Bertz CT molecular complexity index is 1120. The smallest absolute Gasteiger partial charge is 0.175 e. The summed E-state index contributed by atoms with van der Waals surface area (Å²) in [5.74, 6) is 0.531. The van der Waals surface area contributed by atoms with Gasteiger partial charge in [-0.25, -0.2) is 8.42 Å². The molecule has 0 aliphatic rings. The number of sulfone groups is 1. The fraction of sp³-hybridized carbons (Fsp3) is 0.300. The first-order valence-electron chi connectivity index (χ1n) is 8.95. The number of fused-ring (bicyclic) bond motifs is 1. The molecule has 0 atom stereocenters. The number of ether oxygens (including phenoxy) is 1. The summed E-state index contributed by atoms with van der Waals surface area (Å²) in [5.41, 5.74) is 2.68. The second kappa shape index (κ2) is 8.28. The topological polar surface area (TPSA) is 73.2 Å². The number of hydrogen-bond acceptors (Lipinski definition) is 5. The predicted molar refractivity (Wildman–Crippen MR) is 116 cm³/mol. The number of nitrogens with one attached hydrogen (secondary N) is 1. The number of anilines is 1. The van der Waals surface area contributed by atoms with Gasteiger partial charge in [-0.15, -0.1) is 0 Å². The number of nitrogens with zero attached hydrogens (tertiary/aromatic N) is 2. The van der Waals surface area contributed by atoms with Crippen LogP contribution >= 0.6 is 12.2 Å². The monoisotopic (exact) mass is 417 g/mol. The summed E-state index contributed by atoms with van der Waals surface area (Å²) in [6.45, 7) is 2.99. The van der Waals surface area contributed by atoms with Crippen molar-refractivity contribution in [1.82, 2.24) is 9.78 Å². The first-order valence-corrected chi connectivity index (χ1v) is 11.2. The molecule has 1 aromatic heterocycles. The third-order valence-electron chi connectivity index (χ3n) is 4.44. The van der Waals surface area contributed by atoms with Crippen LogP contribution in [0.4, 0.5) is 5.69 Å². The number of hydrogen-bond donors (Lipinski definition) is 1. The van der Waals surface area contributed by atoms with Crippen LogP contribution in [0.5, 0.6) is 5.75 Å². The van der Waals surface area contributed by atoms with Crippen LogP contribution in [0.2, 0.25) is 0 Å². The maximum Gasteiger partial charge on any atom is 0.175 e. The van der Waals surface area contributed by atoms with Crippen molar-refractivity contribution in [3.05, 3.63) is 48.2 Å². The van der Waals surface area contributed by atoms with Crippen LogP contribution in [0.3, 0.4) is 0 Å². The van der Waals surface area contributed by atoms with Gasteiger partial charge < -0.3 is 10.1 Å². The lowest BCUT2D eigenvalue weighted by atomic mass is 10.1. The van der Waals surface area contributed by atoms with E-state index in [0.717, 1.165) is 29.4 Å². The molecule has 0 bridgehead atoms. The van der Waals surface area contributed by atoms with Crippen LogP contribution < -0.4 is 10.1 Å². The molecule has 0 amide bonds. The largest absolute Gasteiger partial charge is 0.495 e. The molecule has 0 aliphatic heterocycles. The zero-order chi connectivity index (χ0) is 20.3. The van der Waals surface area contributed by atoms with Crippen LogP contribution in [0.25, 0.3) is 10.9 Å². The summed E-state index contributed by atoms with van der Waals surface area (Å²) in [6.07, 6.45) is 4.56. The zero-order valence-electron chi connectivity index (χ0n) is 16.1. The lowest BCUT2D eigenvalue weighted by Gasteiger charge is -2.14. The van der Waals surface area contributed by atoms with E-state index in [1.807, 2.05) is 23.0 Å². The van der Waals surface area contributed by atoms with E-state index < -0.39 is 9.84 Å². The lowest BCUT2D eigenvalue weighted by molar-refractivity contribution is 0.416. The molecule has 148 valence electrons. The Morgan fingerprint density at radius 3 is 2.75 bits per heavy atom. The van der Waals surface area contributed by atoms with Gasteiger partial charge in [-0.3, -0.25) is 4.68 Å². The number of thiocarbonyl (C=S) groups is 1. The molecule has 0 fully saturated rings. The summed E-state index contributed by atoms with van der Waals surface area (Å²) >= 11 is 5.54. The minimum absolute atomic E-state index is 0.210. The van der Waals surface area contributed by atoms with Crippen molar-refractivity contribution in [2.45, 2.75) is 31.2 Å². The fourth-order valence-corrected chi connectivity index (χ4v) is 4.00. The summed E-state index contributed by atoms with van der Waals surface area (Å²) < 4.78 is 31.0. The quantitative estimate of drug-likeness (QED) is 0.589. The number of methoxy groups -OCH3 is 1. The molecule has 0 saturated heterocycles. The van der Waals surface area contributed by atoms with Crippen molar-refractivity contribution in [3.63, 3.8) is 0 Å². The van der Waals surface area contributed by atoms with E-state index >= 15 is 0 Å². The highest BCUT2D eigenvalue weighted by atomic mass is 32.2. The Hall–Kier alpha value is -2.45. The normalized spacial score (nSPS) is 11.5. The highest BCUT2D eigenvalue weighted by molar-refractivity contribution is 7.90. The van der Waals surface area contributed by atoms with E-state index in [1.165, 1.54) is 19.4 Å². The molecule has 1 N–H and O–H groups in total. The van der Waals surface area contributed by atoms with Gasteiger partial charge in [-0.1, -0.05) is 31.3 Å². The molecular weight excluding hydrogens is 394 g/mol. The second-order valence-electron chi connectivity index (χ2n) is 6.58. The molecule has 28 heavy (non-hydrogen) atoms. The molecule has 0 radical (unpaired) electrons. The van der Waals surface area contributed by atoms with Gasteiger partial charge >= 0.3 is 0 Å². The number of aromatic nitrogens is 2. The summed E-state index contributed by atoms with van der Waals surface area (Å²) in [4.78, 5) is 0.779. The molecule has 3 rings (SSSR count). The van der Waals surface area contributed by atoms with Crippen molar-refractivity contribution < 1.29 is 13.2 Å². The summed E-state index contributed by atoms with van der Waals surface area (Å²) in [7, 11) is -1.79. The molecule has 8 heteroatoms. The van der Waals surface area contributed by atoms with Crippen molar-refractivity contribution in [1.29, 1.82) is 0 Å². The van der Waals surface area contributed by atoms with Crippen LogP contribution in [-0.4, -0.2) is 36.6 Å². The van der Waals surface area contributed by atoms with E-state index in [1.54, 1.807) is 12.1 Å². The van der Waals surface area contributed by atoms with Crippen LogP contribution in [-0.2, 0) is 22.8 Å².